The zero-order chi connectivity index (χ0) is 25.2. The van der Waals surface area contributed by atoms with Crippen LogP contribution in [0.5, 0.6) is 0 Å². The summed E-state index contributed by atoms with van der Waals surface area (Å²) in [5.41, 5.74) is 1.55. The number of nitrogens with zero attached hydrogens (tertiary/aromatic N) is 3. The molecule has 0 aliphatic carbocycles. The van der Waals surface area contributed by atoms with Gasteiger partial charge in [0.1, 0.15) is 0 Å². The molecule has 3 amide bonds. The number of amides is 3. The standard InChI is InChI=1S/C25H34FN5O3/c1-15-10-11-19(12-27-15)28-23(32)29-20-9-7-8-18(21(20)26)14-30-16(2)13-31(24(33)34)22(17(30)3)25(4,5)6/h7-12,16-17,22H,13-14H2,1-6H3,(H,33,34)(H2,28,29,32)/t16-,17+,22?/m0/s1. The molecule has 0 radical (unpaired) electrons. The lowest BCUT2D eigenvalue weighted by atomic mass is 9.79. The number of rotatable bonds is 4. The molecule has 8 nitrogen and oxygen atoms in total. The lowest BCUT2D eigenvalue weighted by Crippen LogP contribution is -2.66. The third-order valence-electron chi connectivity index (χ3n) is 6.32. The smallest absolute Gasteiger partial charge is 0.407 e. The summed E-state index contributed by atoms with van der Waals surface area (Å²) in [6.45, 7) is 12.5. The van der Waals surface area contributed by atoms with E-state index in [0.29, 0.717) is 24.3 Å². The average molecular weight is 472 g/mol. The van der Waals surface area contributed by atoms with Gasteiger partial charge in [-0.2, -0.15) is 0 Å². The quantitative estimate of drug-likeness (QED) is 0.572. The lowest BCUT2D eigenvalue weighted by molar-refractivity contribution is -0.0449. The molecule has 2 aromatic rings. The van der Waals surface area contributed by atoms with Gasteiger partial charge in [-0.1, -0.05) is 32.9 Å². The number of urea groups is 1. The Morgan fingerprint density at radius 3 is 2.47 bits per heavy atom. The van der Waals surface area contributed by atoms with Crippen LogP contribution in [0.15, 0.2) is 36.5 Å². The molecule has 2 heterocycles. The minimum absolute atomic E-state index is 0.0759. The summed E-state index contributed by atoms with van der Waals surface area (Å²) in [6, 6.07) is 7.35. The molecule has 9 heteroatoms. The summed E-state index contributed by atoms with van der Waals surface area (Å²) in [6.07, 6.45) is 0.595. The molecular formula is C25H34FN5O3. The van der Waals surface area contributed by atoms with Gasteiger partial charge in [-0.15, -0.1) is 0 Å². The van der Waals surface area contributed by atoms with Crippen molar-refractivity contribution in [2.45, 2.75) is 66.2 Å². The molecule has 0 saturated carbocycles. The molecule has 3 rings (SSSR count). The third kappa shape index (κ3) is 5.64. The first-order chi connectivity index (χ1) is 15.9. The Hall–Kier alpha value is -3.20. The minimum atomic E-state index is -0.939. The van der Waals surface area contributed by atoms with Gasteiger partial charge in [0.25, 0.3) is 0 Å². The summed E-state index contributed by atoms with van der Waals surface area (Å²) in [7, 11) is 0. The first-order valence-electron chi connectivity index (χ1n) is 11.4. The van der Waals surface area contributed by atoms with Crippen molar-refractivity contribution < 1.29 is 19.1 Å². The van der Waals surface area contributed by atoms with E-state index in [4.69, 9.17) is 0 Å². The molecule has 3 atom stereocenters. The van der Waals surface area contributed by atoms with Crippen LogP contribution >= 0.6 is 0 Å². The molecule has 0 spiro atoms. The number of aromatic nitrogens is 1. The lowest BCUT2D eigenvalue weighted by Gasteiger charge is -2.53. The monoisotopic (exact) mass is 471 g/mol. The fourth-order valence-electron chi connectivity index (χ4n) is 4.86. The Kier molecular flexibility index (Phi) is 7.45. The number of nitrogens with one attached hydrogen (secondary N) is 2. The van der Waals surface area contributed by atoms with Crippen LogP contribution in [-0.4, -0.2) is 56.7 Å². The van der Waals surface area contributed by atoms with E-state index in [0.717, 1.165) is 5.69 Å². The number of piperazine rings is 1. The Morgan fingerprint density at radius 1 is 1.18 bits per heavy atom. The number of carbonyl (C=O) groups is 2. The second-order valence-electron chi connectivity index (χ2n) is 10.1. The molecule has 1 aromatic heterocycles. The molecule has 1 aromatic carbocycles. The number of hydrogen-bond donors (Lipinski definition) is 3. The summed E-state index contributed by atoms with van der Waals surface area (Å²) >= 11 is 0. The van der Waals surface area contributed by atoms with Crippen molar-refractivity contribution in [1.29, 1.82) is 0 Å². The number of carboxylic acid groups (broad SMARTS) is 1. The van der Waals surface area contributed by atoms with Crippen LogP contribution < -0.4 is 10.6 Å². The van der Waals surface area contributed by atoms with E-state index in [1.807, 2.05) is 41.5 Å². The van der Waals surface area contributed by atoms with Crippen LogP contribution in [0, 0.1) is 18.2 Å². The maximum absolute atomic E-state index is 15.4. The highest BCUT2D eigenvalue weighted by molar-refractivity contribution is 5.99. The molecule has 1 unspecified atom stereocenters. The van der Waals surface area contributed by atoms with E-state index in [2.05, 4.69) is 20.5 Å². The van der Waals surface area contributed by atoms with Gasteiger partial charge in [-0.3, -0.25) is 9.88 Å². The van der Waals surface area contributed by atoms with Crippen LogP contribution in [0.3, 0.4) is 0 Å². The van der Waals surface area contributed by atoms with Gasteiger partial charge in [0.2, 0.25) is 0 Å². The molecular weight excluding hydrogens is 437 g/mol. The topological polar surface area (TPSA) is 97.8 Å². The highest BCUT2D eigenvalue weighted by Crippen LogP contribution is 2.35. The molecule has 1 fully saturated rings. The fraction of sp³-hybridized carbons (Fsp3) is 0.480. The minimum Gasteiger partial charge on any atom is -0.465 e. The van der Waals surface area contributed by atoms with Crippen molar-refractivity contribution in [1.82, 2.24) is 14.8 Å². The highest BCUT2D eigenvalue weighted by atomic mass is 19.1. The van der Waals surface area contributed by atoms with Gasteiger partial charge in [-0.05, 0) is 44.4 Å². The number of halogens is 1. The van der Waals surface area contributed by atoms with Crippen LogP contribution in [0.1, 0.15) is 45.9 Å². The van der Waals surface area contributed by atoms with Crippen molar-refractivity contribution in [3.8, 4) is 0 Å². The zero-order valence-electron chi connectivity index (χ0n) is 20.6. The fourth-order valence-corrected chi connectivity index (χ4v) is 4.86. The van der Waals surface area contributed by atoms with Crippen molar-refractivity contribution >= 4 is 23.5 Å². The number of hydrogen-bond acceptors (Lipinski definition) is 4. The van der Waals surface area contributed by atoms with E-state index in [9.17, 15) is 14.7 Å². The second kappa shape index (κ2) is 9.97. The Balaban J connectivity index is 1.77. The van der Waals surface area contributed by atoms with Crippen LogP contribution in [-0.2, 0) is 6.54 Å². The van der Waals surface area contributed by atoms with Crippen LogP contribution in [0.2, 0.25) is 0 Å². The van der Waals surface area contributed by atoms with E-state index >= 15 is 4.39 Å². The largest absolute Gasteiger partial charge is 0.465 e. The van der Waals surface area contributed by atoms with Gasteiger partial charge in [0.15, 0.2) is 5.82 Å². The first-order valence-corrected chi connectivity index (χ1v) is 11.4. The zero-order valence-corrected chi connectivity index (χ0v) is 20.6. The van der Waals surface area contributed by atoms with Crippen molar-refractivity contribution in [3.63, 3.8) is 0 Å². The number of aryl methyl sites for hydroxylation is 1. The van der Waals surface area contributed by atoms with E-state index in [1.54, 1.807) is 24.3 Å². The van der Waals surface area contributed by atoms with Crippen LogP contribution in [0.4, 0.5) is 25.4 Å². The molecule has 1 aliphatic heterocycles. The van der Waals surface area contributed by atoms with Gasteiger partial charge in [-0.25, -0.2) is 14.0 Å². The number of benzene rings is 1. The average Bonchev–Trinajstić information content (AvgIpc) is 2.73. The number of anilines is 2. The predicted molar refractivity (Wildman–Crippen MR) is 130 cm³/mol. The molecule has 184 valence electrons. The second-order valence-corrected chi connectivity index (χ2v) is 10.1. The van der Waals surface area contributed by atoms with Crippen molar-refractivity contribution in [2.24, 2.45) is 5.41 Å². The Labute approximate surface area is 200 Å². The summed E-state index contributed by atoms with van der Waals surface area (Å²) < 4.78 is 15.4. The molecule has 1 aliphatic rings. The SMILES string of the molecule is Cc1ccc(NC(=O)Nc2cccc(CN3[C@H](C)C(C(C)(C)C)N(C(=O)O)C[C@@H]3C)c2F)cn1. The van der Waals surface area contributed by atoms with Gasteiger partial charge in [0.05, 0.1) is 23.6 Å². The third-order valence-corrected chi connectivity index (χ3v) is 6.32. The van der Waals surface area contributed by atoms with E-state index in [-0.39, 0.29) is 29.2 Å². The highest BCUT2D eigenvalue weighted by Gasteiger charge is 2.45. The number of pyridine rings is 1. The number of carbonyl (C=O) groups excluding carboxylic acids is 1. The molecule has 0 bridgehead atoms. The Bertz CT molecular complexity index is 1040. The van der Waals surface area contributed by atoms with Crippen molar-refractivity contribution in [3.05, 3.63) is 53.6 Å². The summed E-state index contributed by atoms with van der Waals surface area (Å²) in [5.74, 6) is -0.507. The first kappa shape index (κ1) is 25.4. The Morgan fingerprint density at radius 2 is 1.88 bits per heavy atom. The maximum Gasteiger partial charge on any atom is 0.407 e. The normalized spacial score (nSPS) is 21.3. The van der Waals surface area contributed by atoms with E-state index in [1.165, 1.54) is 17.2 Å². The van der Waals surface area contributed by atoms with E-state index < -0.39 is 17.9 Å². The summed E-state index contributed by atoms with van der Waals surface area (Å²) in [5, 5.41) is 15.0. The predicted octanol–water partition coefficient (Wildman–Crippen LogP) is 5.16. The van der Waals surface area contributed by atoms with Gasteiger partial charge in [0, 0.05) is 36.4 Å². The van der Waals surface area contributed by atoms with Gasteiger partial charge < -0.3 is 20.6 Å². The molecule has 3 N–H and O–H groups in total. The maximum atomic E-state index is 15.4. The van der Waals surface area contributed by atoms with Crippen LogP contribution in [0.25, 0.3) is 0 Å². The van der Waals surface area contributed by atoms with Gasteiger partial charge >= 0.3 is 12.1 Å². The molecule has 34 heavy (non-hydrogen) atoms. The van der Waals surface area contributed by atoms with Crippen molar-refractivity contribution in [2.75, 3.05) is 17.2 Å². The molecule has 1 saturated heterocycles. The summed E-state index contributed by atoms with van der Waals surface area (Å²) in [4.78, 5) is 32.1.